The van der Waals surface area contributed by atoms with Crippen LogP contribution in [-0.4, -0.2) is 9.78 Å². The molecule has 3 aromatic rings. The van der Waals surface area contributed by atoms with Gasteiger partial charge in [0.15, 0.2) is 11.9 Å². The molecule has 0 unspecified atom stereocenters. The van der Waals surface area contributed by atoms with Crippen LogP contribution in [0, 0.1) is 20.8 Å². The Kier molecular flexibility index (Phi) is 3.34. The molecule has 0 N–H and O–H groups in total. The van der Waals surface area contributed by atoms with Crippen LogP contribution in [0.3, 0.4) is 0 Å². The second-order valence-corrected chi connectivity index (χ2v) is 5.51. The van der Waals surface area contributed by atoms with Gasteiger partial charge < -0.3 is 0 Å². The van der Waals surface area contributed by atoms with Crippen LogP contribution < -0.4 is 4.57 Å². The number of benzene rings is 1. The zero-order valence-corrected chi connectivity index (χ0v) is 13.0. The van der Waals surface area contributed by atoms with Crippen LogP contribution in [-0.2, 0) is 7.05 Å². The third-order valence-corrected chi connectivity index (χ3v) is 3.94. The van der Waals surface area contributed by atoms with Crippen molar-refractivity contribution in [3.8, 4) is 16.9 Å². The van der Waals surface area contributed by atoms with Gasteiger partial charge in [-0.2, -0.15) is 9.67 Å². The first-order valence-electron chi connectivity index (χ1n) is 7.15. The third kappa shape index (κ3) is 2.35. The van der Waals surface area contributed by atoms with E-state index in [1.165, 1.54) is 28.1 Å². The lowest BCUT2D eigenvalue weighted by Gasteiger charge is -2.11. The number of hydrogen-bond donors (Lipinski definition) is 0. The molecule has 1 aromatic carbocycles. The van der Waals surface area contributed by atoms with Crippen molar-refractivity contribution in [1.29, 1.82) is 0 Å². The maximum Gasteiger partial charge on any atom is 0.214 e. The Hall–Kier alpha value is -2.42. The fourth-order valence-electron chi connectivity index (χ4n) is 2.79. The van der Waals surface area contributed by atoms with Gasteiger partial charge in [-0.3, -0.25) is 4.68 Å². The second-order valence-electron chi connectivity index (χ2n) is 5.51. The molecular formula is C18H20N3+. The molecule has 0 atom stereocenters. The normalized spacial score (nSPS) is 10.9. The number of aryl methyl sites for hydroxylation is 3. The fraction of sp³-hybridized carbons (Fsp3) is 0.222. The molecule has 106 valence electrons. The Morgan fingerprint density at radius 3 is 2.52 bits per heavy atom. The molecule has 0 aliphatic carbocycles. The molecule has 0 saturated heterocycles. The molecular weight excluding hydrogens is 258 g/mol. The minimum atomic E-state index is 1.15. The second kappa shape index (κ2) is 5.17. The van der Waals surface area contributed by atoms with Gasteiger partial charge in [-0.25, -0.2) is 0 Å². The molecule has 0 spiro atoms. The maximum atomic E-state index is 4.29. The molecule has 0 saturated carbocycles. The fourth-order valence-corrected chi connectivity index (χ4v) is 2.79. The summed E-state index contributed by atoms with van der Waals surface area (Å²) in [4.78, 5) is 0. The van der Waals surface area contributed by atoms with Crippen molar-refractivity contribution in [3.63, 3.8) is 0 Å². The number of aromatic nitrogens is 3. The van der Waals surface area contributed by atoms with Crippen LogP contribution in [0.1, 0.15) is 16.8 Å². The number of nitrogens with zero attached hydrogens (tertiary/aromatic N) is 3. The van der Waals surface area contributed by atoms with Crippen molar-refractivity contribution < 1.29 is 4.57 Å². The summed E-state index contributed by atoms with van der Waals surface area (Å²) < 4.78 is 4.16. The quantitative estimate of drug-likeness (QED) is 0.659. The van der Waals surface area contributed by atoms with E-state index in [-0.39, 0.29) is 0 Å². The average Bonchev–Trinajstić information content (AvgIpc) is 2.88. The van der Waals surface area contributed by atoms with Crippen molar-refractivity contribution in [1.82, 2.24) is 9.78 Å². The van der Waals surface area contributed by atoms with Crippen molar-refractivity contribution in [2.45, 2.75) is 20.8 Å². The highest BCUT2D eigenvalue weighted by Gasteiger charge is 2.18. The summed E-state index contributed by atoms with van der Waals surface area (Å²) in [5.74, 6) is 0. The number of rotatable bonds is 2. The van der Waals surface area contributed by atoms with Crippen LogP contribution in [0.5, 0.6) is 0 Å². The first-order valence-corrected chi connectivity index (χ1v) is 7.15. The largest absolute Gasteiger partial charge is 0.268 e. The summed E-state index contributed by atoms with van der Waals surface area (Å²) >= 11 is 0. The van der Waals surface area contributed by atoms with Gasteiger partial charge >= 0.3 is 0 Å². The standard InChI is InChI=1S/C18H20N3/c1-13-11-16(17-8-9-19-20(17)4)15(3)18(12-13)21-10-6-5-7-14(21)2/h5-12H,1-4H3/q+1. The lowest BCUT2D eigenvalue weighted by molar-refractivity contribution is -0.603. The van der Waals surface area contributed by atoms with Gasteiger partial charge in [0.05, 0.1) is 5.69 Å². The Morgan fingerprint density at radius 2 is 1.86 bits per heavy atom. The van der Waals surface area contributed by atoms with Crippen molar-refractivity contribution in [3.05, 3.63) is 65.6 Å². The van der Waals surface area contributed by atoms with E-state index < -0.39 is 0 Å². The predicted octanol–water partition coefficient (Wildman–Crippen LogP) is 3.29. The highest BCUT2D eigenvalue weighted by molar-refractivity contribution is 5.68. The van der Waals surface area contributed by atoms with E-state index in [4.69, 9.17) is 0 Å². The highest BCUT2D eigenvalue weighted by Crippen LogP contribution is 2.27. The molecule has 3 nitrogen and oxygen atoms in total. The van der Waals surface area contributed by atoms with E-state index in [0.717, 1.165) is 5.69 Å². The van der Waals surface area contributed by atoms with Gasteiger partial charge in [0.25, 0.3) is 0 Å². The molecule has 0 fully saturated rings. The zero-order chi connectivity index (χ0) is 15.0. The molecule has 3 rings (SSSR count). The van der Waals surface area contributed by atoms with E-state index in [1.807, 2.05) is 17.9 Å². The van der Waals surface area contributed by atoms with E-state index in [9.17, 15) is 0 Å². The minimum Gasteiger partial charge on any atom is -0.268 e. The molecule has 0 bridgehead atoms. The monoisotopic (exact) mass is 278 g/mol. The van der Waals surface area contributed by atoms with Gasteiger partial charge in [0, 0.05) is 49.5 Å². The number of hydrogen-bond acceptors (Lipinski definition) is 1. The van der Waals surface area contributed by atoms with Crippen LogP contribution in [0.2, 0.25) is 0 Å². The summed E-state index contributed by atoms with van der Waals surface area (Å²) in [7, 11) is 1.98. The van der Waals surface area contributed by atoms with E-state index >= 15 is 0 Å². The lowest BCUT2D eigenvalue weighted by atomic mass is 10.00. The minimum absolute atomic E-state index is 1.15. The van der Waals surface area contributed by atoms with Gasteiger partial charge in [-0.1, -0.05) is 6.07 Å². The van der Waals surface area contributed by atoms with E-state index in [1.54, 1.807) is 0 Å². The first-order chi connectivity index (χ1) is 10.1. The van der Waals surface area contributed by atoms with Gasteiger partial charge in [0.2, 0.25) is 5.69 Å². The van der Waals surface area contributed by atoms with Crippen molar-refractivity contribution in [2.24, 2.45) is 7.05 Å². The molecule has 2 heterocycles. The lowest BCUT2D eigenvalue weighted by Crippen LogP contribution is -2.34. The Morgan fingerprint density at radius 1 is 1.05 bits per heavy atom. The molecule has 0 radical (unpaired) electrons. The summed E-state index contributed by atoms with van der Waals surface area (Å²) in [6.45, 7) is 6.45. The van der Waals surface area contributed by atoms with E-state index in [0.29, 0.717) is 0 Å². The molecule has 0 aliphatic rings. The van der Waals surface area contributed by atoms with Crippen molar-refractivity contribution in [2.75, 3.05) is 0 Å². The topological polar surface area (TPSA) is 21.7 Å². The predicted molar refractivity (Wildman–Crippen MR) is 84.4 cm³/mol. The Labute approximate surface area is 125 Å². The molecule has 0 aliphatic heterocycles. The number of pyridine rings is 1. The van der Waals surface area contributed by atoms with Crippen molar-refractivity contribution >= 4 is 0 Å². The van der Waals surface area contributed by atoms with Gasteiger partial charge in [0.1, 0.15) is 0 Å². The summed E-state index contributed by atoms with van der Waals surface area (Å²) in [6, 6.07) is 12.8. The average molecular weight is 278 g/mol. The Balaban J connectivity index is 2.27. The smallest absolute Gasteiger partial charge is 0.214 e. The Bertz CT molecular complexity index is 800. The summed E-state index contributed by atoms with van der Waals surface area (Å²) in [5, 5.41) is 4.29. The molecule has 21 heavy (non-hydrogen) atoms. The van der Waals surface area contributed by atoms with Crippen LogP contribution in [0.15, 0.2) is 48.8 Å². The SMILES string of the molecule is Cc1cc(-c2ccnn2C)c(C)c(-[n+]2ccccc2C)c1. The molecule has 3 heteroatoms. The summed E-state index contributed by atoms with van der Waals surface area (Å²) in [5.41, 5.74) is 7.35. The van der Waals surface area contributed by atoms with Crippen LogP contribution >= 0.6 is 0 Å². The molecule has 2 aromatic heterocycles. The maximum absolute atomic E-state index is 4.29. The first kappa shape index (κ1) is 13.6. The zero-order valence-electron chi connectivity index (χ0n) is 13.0. The third-order valence-electron chi connectivity index (χ3n) is 3.94. The van der Waals surface area contributed by atoms with Gasteiger partial charge in [-0.05, 0) is 31.5 Å². The van der Waals surface area contributed by atoms with Crippen LogP contribution in [0.25, 0.3) is 16.9 Å². The summed E-state index contributed by atoms with van der Waals surface area (Å²) in [6.07, 6.45) is 3.96. The van der Waals surface area contributed by atoms with E-state index in [2.05, 4.69) is 73.0 Å². The van der Waals surface area contributed by atoms with Gasteiger partial charge in [-0.15, -0.1) is 0 Å². The van der Waals surface area contributed by atoms with Crippen LogP contribution in [0.4, 0.5) is 0 Å². The highest BCUT2D eigenvalue weighted by atomic mass is 15.3. The molecule has 0 amide bonds.